The molecule has 7 heteroatoms. The first kappa shape index (κ1) is 17.6. The summed E-state index contributed by atoms with van der Waals surface area (Å²) in [5, 5.41) is 28.9. The maximum absolute atomic E-state index is 11.4. The van der Waals surface area contributed by atoms with Gasteiger partial charge in [-0.25, -0.2) is 4.79 Å². The molecule has 0 aromatic heterocycles. The summed E-state index contributed by atoms with van der Waals surface area (Å²) in [6, 6.07) is 19.5. The van der Waals surface area contributed by atoms with Crippen LogP contribution in [0.4, 0.5) is 5.69 Å². The number of nitro groups is 1. The average Bonchev–Trinajstić information content (AvgIpc) is 2.68. The van der Waals surface area contributed by atoms with E-state index >= 15 is 0 Å². The van der Waals surface area contributed by atoms with E-state index in [-0.39, 0.29) is 17.0 Å². The number of hydrogen-bond acceptors (Lipinski definition) is 5. The highest BCUT2D eigenvalue weighted by Crippen LogP contribution is 2.30. The summed E-state index contributed by atoms with van der Waals surface area (Å²) in [7, 11) is 0. The molecule has 1 N–H and O–H groups in total. The fourth-order valence-corrected chi connectivity index (χ4v) is 2.47. The molecule has 3 aromatic carbocycles. The minimum atomic E-state index is -1.32. The topological polar surface area (TPSA) is 113 Å². The largest absolute Gasteiger partial charge is 0.478 e. The number of aromatic carboxylic acids is 1. The molecular formula is C20H12N2O5. The highest BCUT2D eigenvalue weighted by atomic mass is 16.6. The molecule has 0 bridgehead atoms. The number of nitro benzene ring substituents is 1. The van der Waals surface area contributed by atoms with Gasteiger partial charge in [0.15, 0.2) is 0 Å². The summed E-state index contributed by atoms with van der Waals surface area (Å²) in [5.74, 6) is -0.911. The van der Waals surface area contributed by atoms with Crippen molar-refractivity contribution in [1.29, 1.82) is 5.26 Å². The Morgan fingerprint density at radius 3 is 2.11 bits per heavy atom. The molecule has 7 nitrogen and oxygen atoms in total. The summed E-state index contributed by atoms with van der Waals surface area (Å²) in [5.41, 5.74) is 1.77. The van der Waals surface area contributed by atoms with E-state index in [1.165, 1.54) is 12.1 Å². The zero-order valence-corrected chi connectivity index (χ0v) is 13.8. The van der Waals surface area contributed by atoms with Crippen molar-refractivity contribution in [2.24, 2.45) is 0 Å². The van der Waals surface area contributed by atoms with Gasteiger partial charge in [-0.2, -0.15) is 5.26 Å². The fraction of sp³-hybridized carbons (Fsp3) is 0. The molecular weight excluding hydrogens is 348 g/mol. The number of carboxylic acid groups (broad SMARTS) is 1. The number of carbonyl (C=O) groups is 1. The van der Waals surface area contributed by atoms with Crippen LogP contribution in [0.25, 0.3) is 11.1 Å². The van der Waals surface area contributed by atoms with Crippen LogP contribution in [0.5, 0.6) is 11.5 Å². The Hall–Kier alpha value is -4.18. The standard InChI is InChI=1S/C20H12N2O5/c21-12-13-1-3-14(4-2-13)15-5-8-17(9-6-15)27-19-10-7-16(22(25)26)11-18(19)20(23)24/h1-11H,(H,23,24). The lowest BCUT2D eigenvalue weighted by atomic mass is 10.0. The number of nitrogens with zero attached hydrogens (tertiary/aromatic N) is 2. The molecule has 3 aromatic rings. The smallest absolute Gasteiger partial charge is 0.339 e. The van der Waals surface area contributed by atoms with E-state index in [9.17, 15) is 20.0 Å². The molecule has 0 saturated carbocycles. The molecule has 0 heterocycles. The number of hydrogen-bond donors (Lipinski definition) is 1. The third-order valence-electron chi connectivity index (χ3n) is 3.83. The molecule has 0 fully saturated rings. The van der Waals surface area contributed by atoms with Crippen molar-refractivity contribution in [2.45, 2.75) is 0 Å². The number of nitriles is 1. The van der Waals surface area contributed by atoms with E-state index in [1.807, 2.05) is 12.1 Å². The Bertz CT molecular complexity index is 1050. The van der Waals surface area contributed by atoms with Gasteiger partial charge in [0.2, 0.25) is 0 Å². The second-order valence-electron chi connectivity index (χ2n) is 5.56. The predicted molar refractivity (Wildman–Crippen MR) is 96.7 cm³/mol. The van der Waals surface area contributed by atoms with Crippen LogP contribution in [0.2, 0.25) is 0 Å². The predicted octanol–water partition coefficient (Wildman–Crippen LogP) is 4.62. The van der Waals surface area contributed by atoms with Crippen molar-refractivity contribution >= 4 is 11.7 Å². The number of non-ortho nitro benzene ring substituents is 1. The van der Waals surface area contributed by atoms with Gasteiger partial charge in [0.05, 0.1) is 16.6 Å². The highest BCUT2D eigenvalue weighted by molar-refractivity contribution is 5.91. The van der Waals surface area contributed by atoms with Gasteiger partial charge in [0.25, 0.3) is 5.69 Å². The van der Waals surface area contributed by atoms with Crippen LogP contribution >= 0.6 is 0 Å². The first-order valence-corrected chi connectivity index (χ1v) is 7.78. The Labute approximate surface area is 153 Å². The molecule has 3 rings (SSSR count). The highest BCUT2D eigenvalue weighted by Gasteiger charge is 2.17. The van der Waals surface area contributed by atoms with Gasteiger partial charge in [0, 0.05) is 12.1 Å². The van der Waals surface area contributed by atoms with Crippen molar-refractivity contribution in [1.82, 2.24) is 0 Å². The summed E-state index contributed by atoms with van der Waals surface area (Å²) in [6.07, 6.45) is 0. The Kier molecular flexibility index (Phi) is 4.82. The molecule has 0 aliphatic carbocycles. The van der Waals surface area contributed by atoms with E-state index < -0.39 is 10.9 Å². The van der Waals surface area contributed by atoms with Crippen LogP contribution < -0.4 is 4.74 Å². The van der Waals surface area contributed by atoms with Crippen LogP contribution in [0.3, 0.4) is 0 Å². The first-order chi connectivity index (χ1) is 13.0. The van der Waals surface area contributed by atoms with Crippen LogP contribution in [-0.2, 0) is 0 Å². The Morgan fingerprint density at radius 2 is 1.59 bits per heavy atom. The van der Waals surface area contributed by atoms with Crippen LogP contribution in [0, 0.1) is 21.4 Å². The molecule has 0 aliphatic rings. The first-order valence-electron chi connectivity index (χ1n) is 7.78. The molecule has 0 radical (unpaired) electrons. The molecule has 0 unspecified atom stereocenters. The zero-order chi connectivity index (χ0) is 19.4. The molecule has 132 valence electrons. The van der Waals surface area contributed by atoms with Crippen molar-refractivity contribution in [3.05, 3.63) is 88.0 Å². The van der Waals surface area contributed by atoms with Gasteiger partial charge in [0.1, 0.15) is 17.1 Å². The number of benzene rings is 3. The summed E-state index contributed by atoms with van der Waals surface area (Å²) < 4.78 is 5.59. The summed E-state index contributed by atoms with van der Waals surface area (Å²) in [4.78, 5) is 21.5. The lowest BCUT2D eigenvalue weighted by Gasteiger charge is -2.09. The van der Waals surface area contributed by atoms with Gasteiger partial charge in [-0.05, 0) is 41.5 Å². The maximum atomic E-state index is 11.4. The van der Waals surface area contributed by atoms with Crippen molar-refractivity contribution in [3.8, 4) is 28.7 Å². The molecule has 0 aliphatic heterocycles. The number of ether oxygens (including phenoxy) is 1. The minimum absolute atomic E-state index is 0.0132. The van der Waals surface area contributed by atoms with E-state index in [2.05, 4.69) is 6.07 Å². The molecule has 0 spiro atoms. The van der Waals surface area contributed by atoms with E-state index in [1.54, 1.807) is 36.4 Å². The monoisotopic (exact) mass is 360 g/mol. The van der Waals surface area contributed by atoms with Gasteiger partial charge in [-0.3, -0.25) is 10.1 Å². The molecule has 0 atom stereocenters. The van der Waals surface area contributed by atoms with Crippen molar-refractivity contribution in [2.75, 3.05) is 0 Å². The minimum Gasteiger partial charge on any atom is -0.478 e. The summed E-state index contributed by atoms with van der Waals surface area (Å²) in [6.45, 7) is 0. The lowest BCUT2D eigenvalue weighted by molar-refractivity contribution is -0.384. The van der Waals surface area contributed by atoms with E-state index in [0.717, 1.165) is 17.2 Å². The van der Waals surface area contributed by atoms with E-state index in [4.69, 9.17) is 10.00 Å². The Balaban J connectivity index is 1.85. The fourth-order valence-electron chi connectivity index (χ4n) is 2.47. The quantitative estimate of drug-likeness (QED) is 0.524. The van der Waals surface area contributed by atoms with Gasteiger partial charge < -0.3 is 9.84 Å². The number of carboxylic acids is 1. The lowest BCUT2D eigenvalue weighted by Crippen LogP contribution is -2.01. The second kappa shape index (κ2) is 7.37. The van der Waals surface area contributed by atoms with Crippen molar-refractivity contribution < 1.29 is 19.6 Å². The maximum Gasteiger partial charge on any atom is 0.339 e. The third-order valence-corrected chi connectivity index (χ3v) is 3.83. The SMILES string of the molecule is N#Cc1ccc(-c2ccc(Oc3ccc([N+](=O)[O-])cc3C(=O)O)cc2)cc1. The molecule has 0 amide bonds. The summed E-state index contributed by atoms with van der Waals surface area (Å²) >= 11 is 0. The van der Waals surface area contributed by atoms with E-state index in [0.29, 0.717) is 11.3 Å². The molecule has 0 saturated heterocycles. The third kappa shape index (κ3) is 3.91. The van der Waals surface area contributed by atoms with Crippen LogP contribution in [-0.4, -0.2) is 16.0 Å². The Morgan fingerprint density at radius 1 is 1.00 bits per heavy atom. The van der Waals surface area contributed by atoms with Crippen LogP contribution in [0.1, 0.15) is 15.9 Å². The normalized spacial score (nSPS) is 10.0. The zero-order valence-electron chi connectivity index (χ0n) is 13.8. The van der Waals surface area contributed by atoms with Crippen LogP contribution in [0.15, 0.2) is 66.7 Å². The average molecular weight is 360 g/mol. The molecule has 27 heavy (non-hydrogen) atoms. The van der Waals surface area contributed by atoms with Crippen molar-refractivity contribution in [3.63, 3.8) is 0 Å². The second-order valence-corrected chi connectivity index (χ2v) is 5.56. The number of rotatable bonds is 5. The van der Waals surface area contributed by atoms with Gasteiger partial charge >= 0.3 is 5.97 Å². The van der Waals surface area contributed by atoms with Gasteiger partial charge in [-0.1, -0.05) is 24.3 Å². The van der Waals surface area contributed by atoms with Gasteiger partial charge in [-0.15, -0.1) is 0 Å².